The van der Waals surface area contributed by atoms with Gasteiger partial charge < -0.3 is 14.7 Å². The van der Waals surface area contributed by atoms with Crippen LogP contribution in [0, 0.1) is 16.7 Å². The number of hydrogen-bond donors (Lipinski definition) is 0. The molecule has 2 heterocycles. The minimum atomic E-state index is -0.0684. The summed E-state index contributed by atoms with van der Waals surface area (Å²) in [5.74, 6) is 0.263. The Hall–Kier alpha value is -6.52. The maximum Gasteiger partial charge on any atom is 0.252 e. The standard InChI is InChI=1S/C74H86BN3/c1-47-37-53(71(8,9)10)30-35-62(47)76(56-32-27-51(28-33-56)69(2,3)4)58-43-66-68-67(44-58)78(63-36-31-54(72(11,12)13)41-59(63)48-23-20-19-21-24-48)64-39-50-46-74(17,18)45-49(50)38-61(64)75(68)60-34-29-55(73(14,15)16)42-65(60)77(66)57-26-22-25-52(40-57)70(5,6)7/h19-36,38-44,47H,37,45-46H2,1-18H3. The average molecular weight is 1030 g/mol. The van der Waals surface area contributed by atoms with Gasteiger partial charge in [-0.3, -0.25) is 0 Å². The second kappa shape index (κ2) is 18.5. The first-order valence-electron chi connectivity index (χ1n) is 29.2. The number of hydrogen-bond acceptors (Lipinski definition) is 3. The Morgan fingerprint density at radius 2 is 1.03 bits per heavy atom. The quantitative estimate of drug-likeness (QED) is 0.154. The van der Waals surface area contributed by atoms with E-state index >= 15 is 0 Å². The van der Waals surface area contributed by atoms with Crippen molar-refractivity contribution in [1.82, 2.24) is 0 Å². The Morgan fingerprint density at radius 3 is 1.64 bits per heavy atom. The summed E-state index contributed by atoms with van der Waals surface area (Å²) in [5, 5.41) is 0. The first-order valence-corrected chi connectivity index (χ1v) is 29.2. The first kappa shape index (κ1) is 53.5. The lowest BCUT2D eigenvalue weighted by Gasteiger charge is -2.46. The molecule has 0 aromatic heterocycles. The van der Waals surface area contributed by atoms with E-state index in [0.717, 1.165) is 24.9 Å². The van der Waals surface area contributed by atoms with Crippen LogP contribution in [-0.2, 0) is 34.5 Å². The number of rotatable bonds is 6. The van der Waals surface area contributed by atoms with Crippen molar-refractivity contribution in [3.8, 4) is 11.1 Å². The largest absolute Gasteiger partial charge is 0.314 e. The van der Waals surface area contributed by atoms with Crippen molar-refractivity contribution >= 4 is 68.6 Å². The molecule has 2 aliphatic carbocycles. The third-order valence-electron chi connectivity index (χ3n) is 17.7. The molecule has 0 bridgehead atoms. The lowest BCUT2D eigenvalue weighted by Crippen LogP contribution is -2.61. The van der Waals surface area contributed by atoms with Gasteiger partial charge in [0.2, 0.25) is 0 Å². The molecule has 400 valence electrons. The van der Waals surface area contributed by atoms with Crippen molar-refractivity contribution in [2.45, 2.75) is 166 Å². The second-order valence-electron chi connectivity index (χ2n) is 29.6. The smallest absolute Gasteiger partial charge is 0.252 e. The van der Waals surface area contributed by atoms with E-state index in [9.17, 15) is 0 Å². The zero-order valence-corrected chi connectivity index (χ0v) is 50.6. The molecule has 0 N–H and O–H groups in total. The van der Waals surface area contributed by atoms with Crippen LogP contribution in [0.3, 0.4) is 0 Å². The summed E-state index contributed by atoms with van der Waals surface area (Å²) >= 11 is 0. The molecule has 0 saturated carbocycles. The van der Waals surface area contributed by atoms with Crippen LogP contribution in [0.4, 0.5) is 45.5 Å². The van der Waals surface area contributed by atoms with E-state index < -0.39 is 0 Å². The van der Waals surface area contributed by atoms with Crippen LogP contribution < -0.4 is 31.1 Å². The van der Waals surface area contributed by atoms with Crippen LogP contribution in [-0.4, -0.2) is 6.71 Å². The summed E-state index contributed by atoms with van der Waals surface area (Å²) < 4.78 is 0. The maximum atomic E-state index is 2.71. The van der Waals surface area contributed by atoms with Gasteiger partial charge >= 0.3 is 0 Å². The van der Waals surface area contributed by atoms with Crippen LogP contribution >= 0.6 is 0 Å². The number of fused-ring (bicyclic) bond motifs is 5. The Labute approximate surface area is 470 Å². The summed E-state index contributed by atoms with van der Waals surface area (Å²) in [4.78, 5) is 8.00. The highest BCUT2D eigenvalue weighted by Gasteiger charge is 2.46. The highest BCUT2D eigenvalue weighted by molar-refractivity contribution is 7.00. The number of benzene rings is 7. The van der Waals surface area contributed by atoms with E-state index in [-0.39, 0.29) is 45.1 Å². The summed E-state index contributed by atoms with van der Waals surface area (Å²) in [6.07, 6.45) is 8.01. The van der Waals surface area contributed by atoms with Crippen LogP contribution in [0.5, 0.6) is 0 Å². The molecule has 7 aromatic carbocycles. The van der Waals surface area contributed by atoms with Crippen molar-refractivity contribution in [2.24, 2.45) is 16.7 Å². The SMILES string of the molecule is CC1CC(C(C)(C)C)=CC=C1N(c1ccc(C(C)(C)C)cc1)c1cc2c3c(c1)N(c1ccc(C(C)(C)C)cc1-c1ccccc1)c1cc4c(cc1B3c1ccc(C(C)(C)C)cc1N2c1cccc(C(C)(C)C)c1)CC(C)(C)C4. The van der Waals surface area contributed by atoms with Crippen molar-refractivity contribution in [3.05, 3.63) is 196 Å². The van der Waals surface area contributed by atoms with Gasteiger partial charge in [-0.15, -0.1) is 0 Å². The predicted octanol–water partition coefficient (Wildman–Crippen LogP) is 18.8. The van der Waals surface area contributed by atoms with Gasteiger partial charge in [0.05, 0.1) is 5.69 Å². The zero-order chi connectivity index (χ0) is 55.8. The lowest BCUT2D eigenvalue weighted by molar-refractivity contribution is 0.392. The molecule has 3 nitrogen and oxygen atoms in total. The molecule has 4 heteroatoms. The Morgan fingerprint density at radius 1 is 0.462 bits per heavy atom. The fourth-order valence-electron chi connectivity index (χ4n) is 13.1. The second-order valence-corrected chi connectivity index (χ2v) is 29.6. The van der Waals surface area contributed by atoms with Crippen molar-refractivity contribution in [3.63, 3.8) is 0 Å². The summed E-state index contributed by atoms with van der Waals surface area (Å²) in [6.45, 7) is 42.6. The minimum Gasteiger partial charge on any atom is -0.314 e. The van der Waals surface area contributed by atoms with Gasteiger partial charge in [-0.2, -0.15) is 0 Å². The molecule has 7 aromatic rings. The van der Waals surface area contributed by atoms with Gasteiger partial charge in [0.1, 0.15) is 0 Å². The van der Waals surface area contributed by atoms with E-state index in [1.807, 2.05) is 0 Å². The first-order chi connectivity index (χ1) is 36.5. The Bertz CT molecular complexity index is 3550. The molecule has 0 radical (unpaired) electrons. The third-order valence-corrected chi connectivity index (χ3v) is 17.7. The molecule has 1 unspecified atom stereocenters. The van der Waals surface area contributed by atoms with E-state index in [0.29, 0.717) is 0 Å². The van der Waals surface area contributed by atoms with Crippen LogP contribution in [0.2, 0.25) is 0 Å². The normalized spacial score (nSPS) is 17.0. The van der Waals surface area contributed by atoms with E-state index in [2.05, 4.69) is 291 Å². The van der Waals surface area contributed by atoms with Crippen LogP contribution in [0.25, 0.3) is 11.1 Å². The molecule has 2 aliphatic heterocycles. The van der Waals surface area contributed by atoms with Gasteiger partial charge in [0.15, 0.2) is 0 Å². The van der Waals surface area contributed by atoms with Gasteiger partial charge in [-0.1, -0.05) is 215 Å². The number of nitrogens with zero attached hydrogens (tertiary/aromatic N) is 3. The molecule has 11 rings (SSSR count). The molecule has 78 heavy (non-hydrogen) atoms. The molecule has 0 fully saturated rings. The Balaban J connectivity index is 1.31. The summed E-state index contributed by atoms with van der Waals surface area (Å²) in [5.41, 5.74) is 27.4. The van der Waals surface area contributed by atoms with Gasteiger partial charge in [0.25, 0.3) is 6.71 Å². The monoisotopic (exact) mass is 1030 g/mol. The highest BCUT2D eigenvalue weighted by atomic mass is 15.2. The predicted molar refractivity (Wildman–Crippen MR) is 340 cm³/mol. The zero-order valence-electron chi connectivity index (χ0n) is 50.6. The number of allylic oxidation sites excluding steroid dienone is 4. The van der Waals surface area contributed by atoms with Crippen LogP contribution in [0.1, 0.15) is 164 Å². The summed E-state index contributed by atoms with van der Waals surface area (Å²) in [7, 11) is 0. The van der Waals surface area contributed by atoms with Crippen molar-refractivity contribution < 1.29 is 0 Å². The van der Waals surface area contributed by atoms with Crippen molar-refractivity contribution in [2.75, 3.05) is 14.7 Å². The Kier molecular flexibility index (Phi) is 12.7. The lowest BCUT2D eigenvalue weighted by atomic mass is 9.33. The fourth-order valence-corrected chi connectivity index (χ4v) is 13.1. The van der Waals surface area contributed by atoms with E-state index in [1.54, 1.807) is 0 Å². The third kappa shape index (κ3) is 9.58. The molecule has 1 atom stereocenters. The minimum absolute atomic E-state index is 0.0137. The van der Waals surface area contributed by atoms with E-state index in [4.69, 9.17) is 0 Å². The molecule has 4 aliphatic rings. The molecule has 0 saturated heterocycles. The topological polar surface area (TPSA) is 9.72 Å². The van der Waals surface area contributed by atoms with Gasteiger partial charge in [-0.25, -0.2) is 0 Å². The van der Waals surface area contributed by atoms with Crippen molar-refractivity contribution in [1.29, 1.82) is 0 Å². The molecular weight excluding hydrogens is 942 g/mol. The fraction of sp³-hybridized carbons (Fsp3) is 0.378. The van der Waals surface area contributed by atoms with Gasteiger partial charge in [-0.05, 0) is 174 Å². The summed E-state index contributed by atoms with van der Waals surface area (Å²) in [6, 6.07) is 55.4. The van der Waals surface area contributed by atoms with E-state index in [1.165, 1.54) is 112 Å². The highest BCUT2D eigenvalue weighted by Crippen LogP contribution is 2.53. The maximum absolute atomic E-state index is 2.71. The number of anilines is 8. The average Bonchev–Trinajstić information content (AvgIpc) is 3.85. The molecular formula is C74H86BN3. The van der Waals surface area contributed by atoms with Gasteiger partial charge in [0, 0.05) is 57.0 Å². The molecule has 0 spiro atoms. The van der Waals surface area contributed by atoms with Crippen LogP contribution in [0.15, 0.2) is 163 Å². The molecule has 0 amide bonds.